The number of carbonyl (C=O) groups excluding carboxylic acids is 4. The number of amides is 5. The van der Waals surface area contributed by atoms with Crippen LogP contribution >= 0.6 is 0 Å². The first kappa shape index (κ1) is 52.4. The normalized spacial score (nSPS) is 16.3. The van der Waals surface area contributed by atoms with Gasteiger partial charge in [-0.2, -0.15) is 0 Å². The molecule has 0 aromatic heterocycles. The highest BCUT2D eigenvalue weighted by Gasteiger charge is 2.30. The topological polar surface area (TPSA) is 336 Å². The summed E-state index contributed by atoms with van der Waals surface area (Å²) in [5, 5.41) is 52.0. The van der Waals surface area contributed by atoms with Gasteiger partial charge in [0.1, 0.15) is 18.1 Å². The fraction of sp³-hybridized carbons (Fsp3) is 0.581. The van der Waals surface area contributed by atoms with Crippen molar-refractivity contribution in [1.82, 2.24) is 36.4 Å². The van der Waals surface area contributed by atoms with Gasteiger partial charge >= 0.3 is 29.9 Å². The largest absolute Gasteiger partial charge is 0.481 e. The van der Waals surface area contributed by atoms with E-state index in [-0.39, 0.29) is 62.5 Å². The zero-order valence-electron chi connectivity index (χ0n) is 36.2. The molecule has 0 bridgehead atoms. The number of aliphatic carboxylic acids is 4. The van der Waals surface area contributed by atoms with Crippen LogP contribution in [-0.4, -0.2) is 161 Å². The maximum Gasteiger partial charge on any atom is 0.326 e. The van der Waals surface area contributed by atoms with Gasteiger partial charge in [-0.3, -0.25) is 33.8 Å². The number of nitrogens with zero attached hydrogens (tertiary/aromatic N) is 2. The van der Waals surface area contributed by atoms with E-state index in [1.807, 2.05) is 47.4 Å². The van der Waals surface area contributed by atoms with Crippen LogP contribution in [0.5, 0.6) is 0 Å². The average molecular weight is 900 g/mol. The van der Waals surface area contributed by atoms with Crippen LogP contribution in [0.1, 0.15) is 63.4 Å². The van der Waals surface area contributed by atoms with Crippen molar-refractivity contribution in [1.29, 1.82) is 0 Å². The highest BCUT2D eigenvalue weighted by molar-refractivity contribution is 5.89. The Labute approximate surface area is 372 Å². The summed E-state index contributed by atoms with van der Waals surface area (Å²) in [6.07, 6.45) is 2.32. The van der Waals surface area contributed by atoms with Crippen molar-refractivity contribution in [3.63, 3.8) is 0 Å². The Kier molecular flexibility index (Phi) is 23.0. The van der Waals surface area contributed by atoms with Crippen molar-refractivity contribution < 1.29 is 58.8 Å². The zero-order chi connectivity index (χ0) is 47.0. The van der Waals surface area contributed by atoms with E-state index in [1.165, 1.54) is 0 Å². The summed E-state index contributed by atoms with van der Waals surface area (Å²) in [6, 6.07) is 8.66. The van der Waals surface area contributed by atoms with Crippen LogP contribution in [0.3, 0.4) is 0 Å². The van der Waals surface area contributed by atoms with E-state index in [4.69, 9.17) is 16.6 Å². The van der Waals surface area contributed by atoms with Crippen LogP contribution in [0, 0.1) is 11.8 Å². The maximum absolute atomic E-state index is 13.7. The number of carboxylic acids is 4. The Morgan fingerprint density at radius 2 is 1.27 bits per heavy atom. The lowest BCUT2D eigenvalue weighted by atomic mass is 9.81. The Balaban J connectivity index is 1.52. The third-order valence-electron chi connectivity index (χ3n) is 11.1. The summed E-state index contributed by atoms with van der Waals surface area (Å²) >= 11 is 0. The molecule has 1 saturated carbocycles. The molecule has 0 saturated heterocycles. The molecule has 2 aromatic rings. The van der Waals surface area contributed by atoms with Gasteiger partial charge in [-0.25, -0.2) is 14.4 Å². The Morgan fingerprint density at radius 1 is 0.656 bits per heavy atom. The predicted molar refractivity (Wildman–Crippen MR) is 235 cm³/mol. The molecular formula is C43H65N9O12. The molecule has 1 aliphatic rings. The zero-order valence-corrected chi connectivity index (χ0v) is 36.2. The third kappa shape index (κ3) is 19.7. The molecule has 1 aliphatic carbocycles. The number of hydrogen-bond donors (Lipinski definition) is 11. The average Bonchev–Trinajstić information content (AvgIpc) is 3.25. The quantitative estimate of drug-likeness (QED) is 0.0451. The van der Waals surface area contributed by atoms with E-state index in [0.29, 0.717) is 77.9 Å². The third-order valence-corrected chi connectivity index (χ3v) is 11.1. The van der Waals surface area contributed by atoms with Crippen molar-refractivity contribution in [2.75, 3.05) is 65.4 Å². The van der Waals surface area contributed by atoms with Crippen molar-refractivity contribution in [2.24, 2.45) is 23.3 Å². The Bertz CT molecular complexity index is 1880. The molecule has 2 aromatic carbocycles. The molecule has 0 unspecified atom stereocenters. The molecular weight excluding hydrogens is 835 g/mol. The molecule has 5 amide bonds. The summed E-state index contributed by atoms with van der Waals surface area (Å²) in [7, 11) is 0. The molecule has 21 nitrogen and oxygen atoms in total. The number of carboxylic acid groups (broad SMARTS) is 4. The molecule has 21 heteroatoms. The summed E-state index contributed by atoms with van der Waals surface area (Å²) in [6.45, 7) is 2.92. The van der Waals surface area contributed by atoms with Gasteiger partial charge in [0.25, 0.3) is 0 Å². The van der Waals surface area contributed by atoms with Gasteiger partial charge in [-0.1, -0.05) is 42.5 Å². The number of benzene rings is 2. The Morgan fingerprint density at radius 3 is 1.86 bits per heavy atom. The molecule has 354 valence electrons. The minimum atomic E-state index is -1.53. The van der Waals surface area contributed by atoms with Crippen molar-refractivity contribution in [2.45, 2.75) is 82.3 Å². The Hall–Kier alpha value is -5.90. The summed E-state index contributed by atoms with van der Waals surface area (Å²) in [4.78, 5) is 101. The maximum atomic E-state index is 13.7. The minimum absolute atomic E-state index is 0.0491. The van der Waals surface area contributed by atoms with E-state index in [2.05, 4.69) is 26.6 Å². The standard InChI is InChI=1S/C43H65N9O12/c44-16-19-51(21-22-52(20-17-45)27-38(56)57)26-36(53)47-25-28-8-12-31(13-9-28)39(58)48-35(24-29-10-11-30-5-1-2-6-32(30)23-29)40(59)46-18-4-3-7-33(41(60)61)49-43(64)50-34(42(62)63)14-15-37(54)55/h1-2,5-6,10-11,23,28,31,33-35H,3-4,7-9,12-22,24-27,44-45H2,(H,46,59)(H,47,53)(H,48,58)(H,54,55)(H,56,57)(H,60,61)(H,62,63)(H2,49,50,64)/t28?,31?,33-,34-,35-/m0/s1. The van der Waals surface area contributed by atoms with Crippen molar-refractivity contribution in [3.8, 4) is 0 Å². The van der Waals surface area contributed by atoms with Gasteiger partial charge in [0.05, 0.1) is 13.1 Å². The second-order valence-electron chi connectivity index (χ2n) is 16.1. The van der Waals surface area contributed by atoms with Gasteiger partial charge in [0.15, 0.2) is 0 Å². The molecule has 13 N–H and O–H groups in total. The highest BCUT2D eigenvalue weighted by atomic mass is 16.4. The number of rotatable bonds is 30. The van der Waals surface area contributed by atoms with Crippen LogP contribution < -0.4 is 38.1 Å². The first-order chi connectivity index (χ1) is 30.6. The molecule has 3 rings (SSSR count). The number of carbonyl (C=O) groups is 8. The molecule has 0 heterocycles. The summed E-state index contributed by atoms with van der Waals surface area (Å²) < 4.78 is 0. The number of fused-ring (bicyclic) bond motifs is 1. The SMILES string of the molecule is NCCN(CCN(CCN)CC(=O)NCC1CCC(C(=O)N[C@@H](Cc2ccc3ccccc3c2)C(=O)NCCCC[C@H](NC(=O)N[C@@H](CCC(=O)O)C(=O)O)C(=O)O)CC1)CC(=O)O. The van der Waals surface area contributed by atoms with Gasteiger partial charge < -0.3 is 58.5 Å². The molecule has 3 atom stereocenters. The van der Waals surface area contributed by atoms with Crippen LogP contribution in [0.2, 0.25) is 0 Å². The molecule has 0 radical (unpaired) electrons. The number of urea groups is 1. The van der Waals surface area contributed by atoms with Gasteiger partial charge in [0.2, 0.25) is 17.7 Å². The van der Waals surface area contributed by atoms with Crippen LogP contribution in [0.25, 0.3) is 10.8 Å². The van der Waals surface area contributed by atoms with Gasteiger partial charge in [-0.05, 0) is 73.6 Å². The predicted octanol–water partition coefficient (Wildman–Crippen LogP) is -0.247. The first-order valence-corrected chi connectivity index (χ1v) is 21.7. The number of nitrogens with two attached hydrogens (primary N) is 2. The fourth-order valence-corrected chi connectivity index (χ4v) is 7.57. The van der Waals surface area contributed by atoms with Gasteiger partial charge in [0, 0.05) is 71.1 Å². The van der Waals surface area contributed by atoms with Crippen LogP contribution in [0.4, 0.5) is 4.79 Å². The molecule has 0 spiro atoms. The number of unbranched alkanes of at least 4 members (excludes halogenated alkanes) is 1. The van der Waals surface area contributed by atoms with E-state index in [9.17, 15) is 53.7 Å². The lowest BCUT2D eigenvalue weighted by Crippen LogP contribution is -2.51. The first-order valence-electron chi connectivity index (χ1n) is 21.7. The van der Waals surface area contributed by atoms with E-state index in [1.54, 1.807) is 4.90 Å². The number of nitrogens with one attached hydrogen (secondary N) is 5. The van der Waals surface area contributed by atoms with Gasteiger partial charge in [-0.15, -0.1) is 0 Å². The second-order valence-corrected chi connectivity index (χ2v) is 16.1. The second kappa shape index (κ2) is 28.0. The molecule has 0 aliphatic heterocycles. The monoisotopic (exact) mass is 899 g/mol. The van der Waals surface area contributed by atoms with Crippen LogP contribution in [-0.2, 0) is 40.0 Å². The summed E-state index contributed by atoms with van der Waals surface area (Å²) in [5.74, 6) is -6.10. The number of hydrogen-bond acceptors (Lipinski definition) is 12. The molecule has 64 heavy (non-hydrogen) atoms. The smallest absolute Gasteiger partial charge is 0.326 e. The van der Waals surface area contributed by atoms with E-state index >= 15 is 0 Å². The lowest BCUT2D eigenvalue weighted by molar-refractivity contribution is -0.141. The lowest BCUT2D eigenvalue weighted by Gasteiger charge is -2.30. The fourth-order valence-electron chi connectivity index (χ4n) is 7.57. The van der Waals surface area contributed by atoms with Crippen molar-refractivity contribution in [3.05, 3.63) is 48.0 Å². The van der Waals surface area contributed by atoms with Crippen molar-refractivity contribution >= 4 is 58.4 Å². The molecule has 1 fully saturated rings. The van der Waals surface area contributed by atoms with Crippen LogP contribution in [0.15, 0.2) is 42.5 Å². The van der Waals surface area contributed by atoms with E-state index in [0.717, 1.165) is 16.3 Å². The summed E-state index contributed by atoms with van der Waals surface area (Å²) in [5.41, 5.74) is 12.2. The van der Waals surface area contributed by atoms with E-state index < -0.39 is 66.8 Å². The minimum Gasteiger partial charge on any atom is -0.481 e. The highest BCUT2D eigenvalue weighted by Crippen LogP contribution is 2.29.